The fraction of sp³-hybridized carbons (Fsp3) is 0. The summed E-state index contributed by atoms with van der Waals surface area (Å²) in [6.07, 6.45) is 0. The molecule has 2 aromatic rings. The molecule has 3 N–H and O–H groups in total. The summed E-state index contributed by atoms with van der Waals surface area (Å²) in [6, 6.07) is 5.96. The van der Waals surface area contributed by atoms with Gasteiger partial charge in [0.2, 0.25) is 0 Å². The Hall–Kier alpha value is -2.22. The summed E-state index contributed by atoms with van der Waals surface area (Å²) in [7, 11) is 0. The van der Waals surface area contributed by atoms with Crippen molar-refractivity contribution >= 4 is 27.7 Å². The van der Waals surface area contributed by atoms with Crippen molar-refractivity contribution in [3.05, 3.63) is 55.4 Å². The number of pyridine rings is 1. The van der Waals surface area contributed by atoms with Crippen molar-refractivity contribution in [2.75, 3.05) is 5.32 Å². The SMILES string of the molecule is O=C(Nc1cccc(Br)n1)c1cc(=O)[nH]c(=O)[nH]1. The van der Waals surface area contributed by atoms with Gasteiger partial charge in [0.05, 0.1) is 0 Å². The van der Waals surface area contributed by atoms with Crippen molar-refractivity contribution in [2.45, 2.75) is 0 Å². The second-order valence-corrected chi connectivity index (χ2v) is 4.11. The number of aromatic amines is 2. The van der Waals surface area contributed by atoms with E-state index in [0.717, 1.165) is 6.07 Å². The van der Waals surface area contributed by atoms with E-state index in [1.54, 1.807) is 18.2 Å². The zero-order valence-electron chi connectivity index (χ0n) is 8.86. The number of halogens is 1. The minimum atomic E-state index is -0.741. The molecule has 92 valence electrons. The van der Waals surface area contributed by atoms with Crippen LogP contribution in [0.15, 0.2) is 38.5 Å². The monoisotopic (exact) mass is 310 g/mol. The molecule has 0 aliphatic heterocycles. The van der Waals surface area contributed by atoms with E-state index in [1.807, 2.05) is 4.98 Å². The van der Waals surface area contributed by atoms with E-state index in [1.165, 1.54) is 0 Å². The lowest BCUT2D eigenvalue weighted by Crippen LogP contribution is -2.27. The van der Waals surface area contributed by atoms with Crippen LogP contribution >= 0.6 is 15.9 Å². The van der Waals surface area contributed by atoms with E-state index in [2.05, 4.69) is 31.2 Å². The molecule has 0 aliphatic carbocycles. The van der Waals surface area contributed by atoms with Crippen molar-refractivity contribution in [1.82, 2.24) is 15.0 Å². The van der Waals surface area contributed by atoms with Gasteiger partial charge in [-0.2, -0.15) is 0 Å². The predicted molar refractivity (Wildman–Crippen MR) is 67.6 cm³/mol. The Balaban J connectivity index is 2.27. The molecule has 0 fully saturated rings. The molecule has 0 radical (unpaired) electrons. The van der Waals surface area contributed by atoms with Crippen LogP contribution < -0.4 is 16.6 Å². The smallest absolute Gasteiger partial charge is 0.305 e. The van der Waals surface area contributed by atoms with Gasteiger partial charge in [-0.1, -0.05) is 6.07 Å². The molecule has 0 saturated heterocycles. The maximum absolute atomic E-state index is 11.7. The van der Waals surface area contributed by atoms with E-state index in [9.17, 15) is 14.4 Å². The highest BCUT2D eigenvalue weighted by Crippen LogP contribution is 2.10. The molecular weight excluding hydrogens is 304 g/mol. The lowest BCUT2D eigenvalue weighted by molar-refractivity contribution is 0.102. The molecule has 0 aromatic carbocycles. The number of amides is 1. The van der Waals surface area contributed by atoms with Crippen LogP contribution in [0, 0.1) is 0 Å². The van der Waals surface area contributed by atoms with Crippen LogP contribution in [0.3, 0.4) is 0 Å². The maximum atomic E-state index is 11.7. The fourth-order valence-electron chi connectivity index (χ4n) is 1.25. The Labute approximate surface area is 108 Å². The molecule has 0 aliphatic rings. The molecule has 2 heterocycles. The lowest BCUT2D eigenvalue weighted by Gasteiger charge is -2.03. The Bertz CT molecular complexity index is 678. The number of carbonyl (C=O) groups excluding carboxylic acids is 1. The van der Waals surface area contributed by atoms with Crippen LogP contribution in [0.2, 0.25) is 0 Å². The number of carbonyl (C=O) groups is 1. The molecule has 0 atom stereocenters. The number of aromatic nitrogens is 3. The van der Waals surface area contributed by atoms with Crippen LogP contribution in [-0.4, -0.2) is 20.9 Å². The van der Waals surface area contributed by atoms with E-state index in [4.69, 9.17) is 0 Å². The molecule has 0 unspecified atom stereocenters. The molecule has 2 rings (SSSR count). The number of nitrogens with one attached hydrogen (secondary N) is 3. The summed E-state index contributed by atoms with van der Waals surface area (Å²) in [5.74, 6) is -0.320. The van der Waals surface area contributed by atoms with Crippen molar-refractivity contribution in [3.63, 3.8) is 0 Å². The first-order valence-electron chi connectivity index (χ1n) is 4.82. The molecule has 18 heavy (non-hydrogen) atoms. The second kappa shape index (κ2) is 4.96. The van der Waals surface area contributed by atoms with Gasteiger partial charge in [0.15, 0.2) is 0 Å². The van der Waals surface area contributed by atoms with E-state index < -0.39 is 17.2 Å². The zero-order valence-corrected chi connectivity index (χ0v) is 10.4. The van der Waals surface area contributed by atoms with Crippen LogP contribution in [0.5, 0.6) is 0 Å². The van der Waals surface area contributed by atoms with Crippen molar-refractivity contribution in [3.8, 4) is 0 Å². The minimum absolute atomic E-state index is 0.134. The summed E-state index contributed by atoms with van der Waals surface area (Å²) in [6.45, 7) is 0. The molecule has 1 amide bonds. The highest BCUT2D eigenvalue weighted by atomic mass is 79.9. The molecular formula is C10H7BrN4O3. The van der Waals surface area contributed by atoms with Gasteiger partial charge in [0, 0.05) is 6.07 Å². The zero-order chi connectivity index (χ0) is 13.1. The Kier molecular flexibility index (Phi) is 3.38. The summed E-state index contributed by atoms with van der Waals surface area (Å²) < 4.78 is 0.555. The van der Waals surface area contributed by atoms with Gasteiger partial charge in [-0.15, -0.1) is 0 Å². The van der Waals surface area contributed by atoms with E-state index >= 15 is 0 Å². The van der Waals surface area contributed by atoms with Gasteiger partial charge in [0.25, 0.3) is 11.5 Å². The molecule has 0 bridgehead atoms. The van der Waals surface area contributed by atoms with Gasteiger partial charge in [-0.05, 0) is 28.1 Å². The quantitative estimate of drug-likeness (QED) is 0.701. The van der Waals surface area contributed by atoms with Crippen molar-refractivity contribution in [2.24, 2.45) is 0 Å². The Morgan fingerprint density at radius 2 is 2.06 bits per heavy atom. The third kappa shape index (κ3) is 2.92. The highest BCUT2D eigenvalue weighted by Gasteiger charge is 2.09. The van der Waals surface area contributed by atoms with E-state index in [0.29, 0.717) is 10.4 Å². The molecule has 0 saturated carbocycles. The van der Waals surface area contributed by atoms with Crippen LogP contribution in [0.1, 0.15) is 10.5 Å². The standard InChI is InChI=1S/C10H7BrN4O3/c11-6-2-1-3-7(13-6)14-9(17)5-4-8(16)15-10(18)12-5/h1-4H,(H,13,14,17)(H2,12,15,16,18). The second-order valence-electron chi connectivity index (χ2n) is 3.30. The number of anilines is 1. The maximum Gasteiger partial charge on any atom is 0.326 e. The van der Waals surface area contributed by atoms with Crippen molar-refractivity contribution in [1.29, 1.82) is 0 Å². The van der Waals surface area contributed by atoms with Gasteiger partial charge >= 0.3 is 5.69 Å². The van der Waals surface area contributed by atoms with Crippen LogP contribution in [0.25, 0.3) is 0 Å². The number of rotatable bonds is 2. The number of H-pyrrole nitrogens is 2. The molecule has 0 spiro atoms. The van der Waals surface area contributed by atoms with Gasteiger partial charge in [-0.3, -0.25) is 14.6 Å². The summed E-state index contributed by atoms with van der Waals surface area (Å²) in [5.41, 5.74) is -1.52. The average molecular weight is 311 g/mol. The van der Waals surface area contributed by atoms with Crippen LogP contribution in [0.4, 0.5) is 5.82 Å². The summed E-state index contributed by atoms with van der Waals surface area (Å²) >= 11 is 3.16. The first kappa shape index (κ1) is 12.2. The fourth-order valence-corrected chi connectivity index (χ4v) is 1.60. The number of hydrogen-bond donors (Lipinski definition) is 3. The Morgan fingerprint density at radius 1 is 1.28 bits per heavy atom. The van der Waals surface area contributed by atoms with Crippen LogP contribution in [-0.2, 0) is 0 Å². The topological polar surface area (TPSA) is 108 Å². The third-order valence-electron chi connectivity index (χ3n) is 1.96. The van der Waals surface area contributed by atoms with Gasteiger partial charge < -0.3 is 10.3 Å². The largest absolute Gasteiger partial charge is 0.326 e. The molecule has 7 nitrogen and oxygen atoms in total. The first-order valence-corrected chi connectivity index (χ1v) is 5.61. The predicted octanol–water partition coefficient (Wildman–Crippen LogP) is 0.473. The summed E-state index contributed by atoms with van der Waals surface area (Å²) in [4.78, 5) is 42.0. The lowest BCUT2D eigenvalue weighted by atomic mass is 10.3. The average Bonchev–Trinajstić information content (AvgIpc) is 2.27. The first-order chi connectivity index (χ1) is 8.54. The normalized spacial score (nSPS) is 10.1. The third-order valence-corrected chi connectivity index (χ3v) is 2.40. The van der Waals surface area contributed by atoms with Crippen molar-refractivity contribution < 1.29 is 4.79 Å². The van der Waals surface area contributed by atoms with Gasteiger partial charge in [-0.25, -0.2) is 9.78 Å². The minimum Gasteiger partial charge on any atom is -0.305 e. The highest BCUT2D eigenvalue weighted by molar-refractivity contribution is 9.10. The van der Waals surface area contributed by atoms with Gasteiger partial charge in [0.1, 0.15) is 16.1 Å². The molecule has 2 aromatic heterocycles. The Morgan fingerprint density at radius 3 is 2.72 bits per heavy atom. The molecule has 8 heteroatoms. The summed E-state index contributed by atoms with van der Waals surface area (Å²) in [5, 5.41) is 2.45. The van der Waals surface area contributed by atoms with E-state index in [-0.39, 0.29) is 5.69 Å². The number of hydrogen-bond acceptors (Lipinski definition) is 4. The number of nitrogens with zero attached hydrogens (tertiary/aromatic N) is 1.